The first-order chi connectivity index (χ1) is 11.5. The van der Waals surface area contributed by atoms with Gasteiger partial charge in [0, 0.05) is 0 Å². The standard InChI is InChI=1S/C6BrF5O10S5/c7-1-2(23(8,13)14)4(25(10,17)18)6(27(12,21)22)5(26(11,19)20)3(1)24(9,15)16. The van der Waals surface area contributed by atoms with Crippen molar-refractivity contribution in [3.8, 4) is 0 Å². The van der Waals surface area contributed by atoms with E-state index in [1.165, 1.54) is 0 Å². The van der Waals surface area contributed by atoms with Crippen molar-refractivity contribution >= 4 is 67.0 Å². The Balaban J connectivity index is 5.01. The minimum Gasteiger partial charge on any atom is -0.189 e. The topological polar surface area (TPSA) is 171 Å². The van der Waals surface area contributed by atoms with Gasteiger partial charge in [-0.3, -0.25) is 0 Å². The van der Waals surface area contributed by atoms with Crippen molar-refractivity contribution in [3.63, 3.8) is 0 Å². The second-order valence-corrected chi connectivity index (χ2v) is 11.4. The van der Waals surface area contributed by atoms with Crippen molar-refractivity contribution in [1.29, 1.82) is 0 Å². The van der Waals surface area contributed by atoms with Crippen molar-refractivity contribution in [3.05, 3.63) is 4.47 Å². The highest BCUT2D eigenvalue weighted by Crippen LogP contribution is 2.46. The molecule has 0 saturated carbocycles. The Morgan fingerprint density at radius 2 is 0.556 bits per heavy atom. The lowest BCUT2D eigenvalue weighted by Gasteiger charge is -2.15. The fraction of sp³-hybridized carbons (Fsp3) is 0. The summed E-state index contributed by atoms with van der Waals surface area (Å²) in [4.78, 5) is -15.3. The van der Waals surface area contributed by atoms with Gasteiger partial charge >= 0.3 is 51.1 Å². The third kappa shape index (κ3) is 4.75. The van der Waals surface area contributed by atoms with E-state index in [0.29, 0.717) is 0 Å². The number of benzene rings is 1. The summed E-state index contributed by atoms with van der Waals surface area (Å²) >= 11 is 1.72. The van der Waals surface area contributed by atoms with Crippen molar-refractivity contribution in [2.75, 3.05) is 0 Å². The first kappa shape index (κ1) is 24.1. The molecular formula is C6BrF5O10S5. The maximum atomic E-state index is 13.4. The van der Waals surface area contributed by atoms with E-state index < -0.39 is 80.1 Å². The molecular weight excluding hydrogens is 567 g/mol. The van der Waals surface area contributed by atoms with Crippen LogP contribution in [0.5, 0.6) is 0 Å². The lowest BCUT2D eigenvalue weighted by Crippen LogP contribution is -2.18. The molecule has 21 heteroatoms. The first-order valence-electron chi connectivity index (χ1n) is 5.15. The summed E-state index contributed by atoms with van der Waals surface area (Å²) in [6, 6.07) is 0. The molecule has 0 atom stereocenters. The molecule has 0 aliphatic heterocycles. The van der Waals surface area contributed by atoms with Crippen LogP contribution in [0.25, 0.3) is 0 Å². The van der Waals surface area contributed by atoms with Crippen LogP contribution in [0.3, 0.4) is 0 Å². The molecule has 0 fully saturated rings. The normalized spacial score (nSPS) is 14.3. The molecule has 0 spiro atoms. The summed E-state index contributed by atoms with van der Waals surface area (Å²) in [5.41, 5.74) is 0. The summed E-state index contributed by atoms with van der Waals surface area (Å²) in [5, 5.41) is 0. The largest absolute Gasteiger partial charge is 0.335 e. The molecule has 156 valence electrons. The molecule has 1 aromatic carbocycles. The molecule has 10 nitrogen and oxygen atoms in total. The van der Waals surface area contributed by atoms with Gasteiger partial charge in [0.2, 0.25) is 0 Å². The highest BCUT2D eigenvalue weighted by molar-refractivity contribution is 9.10. The summed E-state index contributed by atoms with van der Waals surface area (Å²) < 4.78 is 175. The summed E-state index contributed by atoms with van der Waals surface area (Å²) in [6.45, 7) is 0. The van der Waals surface area contributed by atoms with Gasteiger partial charge in [-0.25, -0.2) is 0 Å². The molecule has 27 heavy (non-hydrogen) atoms. The second-order valence-electron chi connectivity index (χ2n) is 4.15. The van der Waals surface area contributed by atoms with Crippen LogP contribution >= 0.6 is 15.9 Å². The van der Waals surface area contributed by atoms with E-state index in [0.717, 1.165) is 0 Å². The maximum absolute atomic E-state index is 13.4. The SMILES string of the molecule is O=S(=O)(F)c1c(Br)c(S(=O)(=O)F)c(S(=O)(=O)F)c(S(=O)(=O)F)c1S(=O)(=O)F. The van der Waals surface area contributed by atoms with E-state index in [1.54, 1.807) is 15.9 Å². The fourth-order valence-corrected chi connectivity index (χ4v) is 9.40. The second kappa shape index (κ2) is 6.57. The molecule has 0 N–H and O–H groups in total. The predicted molar refractivity (Wildman–Crippen MR) is 75.6 cm³/mol. The first-order valence-corrected chi connectivity index (χ1v) is 12.9. The Hall–Kier alpha value is -0.900. The van der Waals surface area contributed by atoms with E-state index in [-0.39, 0.29) is 0 Å². The summed E-state index contributed by atoms with van der Waals surface area (Å²) in [6.07, 6.45) is 0. The summed E-state index contributed by atoms with van der Waals surface area (Å²) in [5.74, 6) is 0. The van der Waals surface area contributed by atoms with Gasteiger partial charge in [-0.15, -0.1) is 19.4 Å². The lowest BCUT2D eigenvalue weighted by molar-refractivity contribution is 0.503. The zero-order valence-electron chi connectivity index (χ0n) is 11.4. The molecule has 0 radical (unpaired) electrons. The minimum absolute atomic E-state index is 1.72. The van der Waals surface area contributed by atoms with Gasteiger partial charge in [-0.2, -0.15) is 42.1 Å². The van der Waals surface area contributed by atoms with Crippen LogP contribution < -0.4 is 0 Å². The minimum atomic E-state index is -7.03. The number of halogens is 6. The van der Waals surface area contributed by atoms with Gasteiger partial charge in [0.1, 0.15) is 24.5 Å². The molecule has 0 heterocycles. The molecule has 0 bridgehead atoms. The van der Waals surface area contributed by atoms with Gasteiger partial charge in [0.15, 0.2) is 0 Å². The van der Waals surface area contributed by atoms with Crippen molar-refractivity contribution < 1.29 is 61.5 Å². The van der Waals surface area contributed by atoms with Crippen molar-refractivity contribution in [1.82, 2.24) is 0 Å². The Kier molecular flexibility index (Phi) is 5.88. The van der Waals surface area contributed by atoms with E-state index >= 15 is 0 Å². The third-order valence-corrected chi connectivity index (χ3v) is 8.76. The molecule has 0 aromatic heterocycles. The number of rotatable bonds is 5. The van der Waals surface area contributed by atoms with Gasteiger partial charge in [0.25, 0.3) is 0 Å². The molecule has 1 rings (SSSR count). The monoisotopic (exact) mass is 566 g/mol. The average Bonchev–Trinajstić information content (AvgIpc) is 2.29. The van der Waals surface area contributed by atoms with Crippen LogP contribution in [-0.4, -0.2) is 42.1 Å². The van der Waals surface area contributed by atoms with Crippen LogP contribution in [0, 0.1) is 0 Å². The van der Waals surface area contributed by atoms with Gasteiger partial charge < -0.3 is 0 Å². The molecule has 0 unspecified atom stereocenters. The smallest absolute Gasteiger partial charge is 0.189 e. The van der Waals surface area contributed by atoms with Crippen molar-refractivity contribution in [2.24, 2.45) is 0 Å². The van der Waals surface area contributed by atoms with Crippen LogP contribution in [-0.2, 0) is 51.1 Å². The average molecular weight is 567 g/mol. The molecule has 0 amide bonds. The van der Waals surface area contributed by atoms with Gasteiger partial charge in [-0.1, -0.05) is 0 Å². The molecule has 0 saturated heterocycles. The zero-order chi connectivity index (χ0) is 22.0. The number of hydrogen-bond donors (Lipinski definition) is 0. The Morgan fingerprint density at radius 3 is 0.704 bits per heavy atom. The maximum Gasteiger partial charge on any atom is 0.335 e. The van der Waals surface area contributed by atoms with E-state index in [9.17, 15) is 61.5 Å². The number of hydrogen-bond acceptors (Lipinski definition) is 10. The zero-order valence-corrected chi connectivity index (χ0v) is 17.1. The van der Waals surface area contributed by atoms with Crippen LogP contribution in [0.1, 0.15) is 0 Å². The molecule has 1 aromatic rings. The van der Waals surface area contributed by atoms with Crippen molar-refractivity contribution in [2.45, 2.75) is 24.5 Å². The predicted octanol–water partition coefficient (Wildman–Crippen LogP) is 0.740. The fourth-order valence-electron chi connectivity index (χ4n) is 1.71. The van der Waals surface area contributed by atoms with E-state index in [1.807, 2.05) is 0 Å². The van der Waals surface area contributed by atoms with Crippen LogP contribution in [0.4, 0.5) is 19.4 Å². The molecule has 0 aliphatic carbocycles. The Morgan fingerprint density at radius 1 is 0.407 bits per heavy atom. The highest BCUT2D eigenvalue weighted by atomic mass is 79.9. The van der Waals surface area contributed by atoms with Gasteiger partial charge in [-0.05, 0) is 15.9 Å². The van der Waals surface area contributed by atoms with E-state index in [2.05, 4.69) is 0 Å². The van der Waals surface area contributed by atoms with E-state index in [4.69, 9.17) is 0 Å². The van der Waals surface area contributed by atoms with Crippen LogP contribution in [0.2, 0.25) is 0 Å². The third-order valence-electron chi connectivity index (χ3n) is 2.44. The molecule has 0 aliphatic rings. The summed E-state index contributed by atoms with van der Waals surface area (Å²) in [7, 11) is -34.3. The lowest BCUT2D eigenvalue weighted by atomic mass is 10.3. The Bertz CT molecular complexity index is 1290. The Labute approximate surface area is 157 Å². The van der Waals surface area contributed by atoms with Crippen LogP contribution in [0.15, 0.2) is 29.0 Å². The highest BCUT2D eigenvalue weighted by Gasteiger charge is 2.47. The van der Waals surface area contributed by atoms with Gasteiger partial charge in [0.05, 0.1) is 4.47 Å². The quantitative estimate of drug-likeness (QED) is 0.365.